The van der Waals surface area contributed by atoms with Gasteiger partial charge in [-0.1, -0.05) is 6.07 Å². The van der Waals surface area contributed by atoms with Crippen LogP contribution in [0.25, 0.3) is 10.9 Å². The maximum absolute atomic E-state index is 13.2. The minimum atomic E-state index is -0.0945. The number of H-pyrrole nitrogens is 1. The van der Waals surface area contributed by atoms with E-state index in [0.717, 1.165) is 22.3 Å². The zero-order valence-corrected chi connectivity index (χ0v) is 19.4. The van der Waals surface area contributed by atoms with E-state index in [1.807, 2.05) is 36.1 Å². The maximum atomic E-state index is 13.2. The van der Waals surface area contributed by atoms with E-state index in [2.05, 4.69) is 10.3 Å². The highest BCUT2D eigenvalue weighted by atomic mass is 16.5. The summed E-state index contributed by atoms with van der Waals surface area (Å²) in [4.78, 5) is 31.3. The number of carbonyl (C=O) groups is 1. The number of hydrogen-bond acceptors (Lipinski definition) is 6. The fourth-order valence-corrected chi connectivity index (χ4v) is 4.28. The minimum Gasteiger partial charge on any atom is -0.497 e. The van der Waals surface area contributed by atoms with E-state index in [1.54, 1.807) is 27.4 Å². The highest BCUT2D eigenvalue weighted by molar-refractivity contribution is 5.84. The van der Waals surface area contributed by atoms with Crippen LogP contribution >= 0.6 is 0 Å². The van der Waals surface area contributed by atoms with Crippen molar-refractivity contribution < 1.29 is 19.0 Å². The van der Waals surface area contributed by atoms with Crippen molar-refractivity contribution in [3.8, 4) is 17.2 Å². The third-order valence-electron chi connectivity index (χ3n) is 6.07. The molecule has 2 aromatic carbocycles. The standard InChI is InChI=1S/C25H29N3O5/c1-15-9-17(31-2)11-18-24(15)27-20-7-8-28(13-19(20)25(18)30)14-23(29)26-12-16-5-6-21(32-3)22(10-16)33-4/h5-6,9-11H,7-8,12-14H2,1-4H3,(H,26,29)(H,27,30). The Morgan fingerprint density at radius 1 is 1.09 bits per heavy atom. The van der Waals surface area contributed by atoms with Gasteiger partial charge in [0, 0.05) is 42.7 Å². The minimum absolute atomic E-state index is 0.00353. The highest BCUT2D eigenvalue weighted by Gasteiger charge is 2.23. The Morgan fingerprint density at radius 3 is 2.61 bits per heavy atom. The highest BCUT2D eigenvalue weighted by Crippen LogP contribution is 2.27. The molecule has 0 unspecified atom stereocenters. The van der Waals surface area contributed by atoms with E-state index in [1.165, 1.54) is 0 Å². The first kappa shape index (κ1) is 22.7. The van der Waals surface area contributed by atoms with E-state index in [-0.39, 0.29) is 17.9 Å². The predicted octanol–water partition coefficient (Wildman–Crippen LogP) is 2.54. The molecule has 8 nitrogen and oxygen atoms in total. The van der Waals surface area contributed by atoms with E-state index in [4.69, 9.17) is 14.2 Å². The van der Waals surface area contributed by atoms with Gasteiger partial charge in [-0.2, -0.15) is 0 Å². The Balaban J connectivity index is 1.44. The smallest absolute Gasteiger partial charge is 0.234 e. The number of amides is 1. The molecule has 0 atom stereocenters. The molecule has 0 fully saturated rings. The van der Waals surface area contributed by atoms with Crippen molar-refractivity contribution in [3.63, 3.8) is 0 Å². The van der Waals surface area contributed by atoms with E-state index in [9.17, 15) is 9.59 Å². The summed E-state index contributed by atoms with van der Waals surface area (Å²) in [5.41, 5.74) is 4.40. The summed E-state index contributed by atoms with van der Waals surface area (Å²) in [6.45, 7) is 3.70. The van der Waals surface area contributed by atoms with Crippen LogP contribution in [-0.2, 0) is 24.3 Å². The Bertz CT molecular complexity index is 1250. The number of benzene rings is 2. The van der Waals surface area contributed by atoms with Gasteiger partial charge in [-0.25, -0.2) is 0 Å². The summed E-state index contributed by atoms with van der Waals surface area (Å²) in [5.74, 6) is 1.83. The Morgan fingerprint density at radius 2 is 1.88 bits per heavy atom. The van der Waals surface area contributed by atoms with Crippen LogP contribution in [0.1, 0.15) is 22.4 Å². The number of nitrogens with zero attached hydrogens (tertiary/aromatic N) is 1. The number of aromatic amines is 1. The first-order valence-electron chi connectivity index (χ1n) is 10.9. The van der Waals surface area contributed by atoms with Crippen LogP contribution in [-0.4, -0.2) is 50.2 Å². The van der Waals surface area contributed by atoms with Gasteiger partial charge in [-0.3, -0.25) is 14.5 Å². The number of methoxy groups -OCH3 is 3. The summed E-state index contributed by atoms with van der Waals surface area (Å²) in [6.07, 6.45) is 0.689. The zero-order chi connectivity index (χ0) is 23.5. The number of rotatable bonds is 7. The van der Waals surface area contributed by atoms with Crippen molar-refractivity contribution in [2.45, 2.75) is 26.4 Å². The Kier molecular flexibility index (Phi) is 6.55. The quantitative estimate of drug-likeness (QED) is 0.574. The van der Waals surface area contributed by atoms with Gasteiger partial charge in [0.25, 0.3) is 0 Å². The molecule has 2 N–H and O–H groups in total. The van der Waals surface area contributed by atoms with Gasteiger partial charge in [-0.15, -0.1) is 0 Å². The number of carbonyl (C=O) groups excluding carboxylic acids is 1. The van der Waals surface area contributed by atoms with Crippen molar-refractivity contribution >= 4 is 16.8 Å². The van der Waals surface area contributed by atoms with Gasteiger partial charge in [0.05, 0.1) is 33.4 Å². The number of hydrogen-bond donors (Lipinski definition) is 2. The predicted molar refractivity (Wildman–Crippen MR) is 126 cm³/mol. The largest absolute Gasteiger partial charge is 0.497 e. The molecule has 0 saturated carbocycles. The lowest BCUT2D eigenvalue weighted by Crippen LogP contribution is -2.41. The second kappa shape index (κ2) is 9.54. The number of pyridine rings is 1. The number of aromatic nitrogens is 1. The molecule has 3 aromatic rings. The second-order valence-electron chi connectivity index (χ2n) is 8.20. The summed E-state index contributed by atoms with van der Waals surface area (Å²) < 4.78 is 15.9. The molecule has 0 spiro atoms. The van der Waals surface area contributed by atoms with Crippen LogP contribution in [0.15, 0.2) is 35.1 Å². The molecule has 174 valence electrons. The first-order valence-corrected chi connectivity index (χ1v) is 10.9. The molecule has 0 aliphatic carbocycles. The average molecular weight is 452 g/mol. The first-order chi connectivity index (χ1) is 15.9. The molecule has 1 aliphatic rings. The van der Waals surface area contributed by atoms with Crippen LogP contribution in [0.5, 0.6) is 17.2 Å². The van der Waals surface area contributed by atoms with Gasteiger partial charge in [-0.05, 0) is 42.3 Å². The molecule has 0 radical (unpaired) electrons. The number of ether oxygens (including phenoxy) is 3. The Labute approximate surface area is 192 Å². The summed E-state index contributed by atoms with van der Waals surface area (Å²) in [6, 6.07) is 9.24. The molecule has 1 amide bonds. The number of nitrogens with one attached hydrogen (secondary N) is 2. The van der Waals surface area contributed by atoms with Crippen LogP contribution in [0.3, 0.4) is 0 Å². The molecule has 0 bridgehead atoms. The summed E-state index contributed by atoms with van der Waals surface area (Å²) in [7, 11) is 4.76. The second-order valence-corrected chi connectivity index (χ2v) is 8.20. The van der Waals surface area contributed by atoms with Gasteiger partial charge >= 0.3 is 0 Å². The van der Waals surface area contributed by atoms with Crippen molar-refractivity contribution in [2.24, 2.45) is 0 Å². The van der Waals surface area contributed by atoms with Crippen LogP contribution < -0.4 is 25.0 Å². The lowest BCUT2D eigenvalue weighted by atomic mass is 10.0. The van der Waals surface area contributed by atoms with Gasteiger partial charge in [0.1, 0.15) is 5.75 Å². The fraction of sp³-hybridized carbons (Fsp3) is 0.360. The van der Waals surface area contributed by atoms with E-state index >= 15 is 0 Å². The van der Waals surface area contributed by atoms with Crippen LogP contribution in [0, 0.1) is 6.92 Å². The van der Waals surface area contributed by atoms with Gasteiger partial charge in [0.15, 0.2) is 16.9 Å². The molecule has 0 saturated heterocycles. The molecule has 4 rings (SSSR count). The third kappa shape index (κ3) is 4.66. The van der Waals surface area contributed by atoms with Crippen LogP contribution in [0.4, 0.5) is 0 Å². The summed E-state index contributed by atoms with van der Waals surface area (Å²) in [5, 5.41) is 3.56. The number of aryl methyl sites for hydroxylation is 1. The van der Waals surface area contributed by atoms with E-state index < -0.39 is 0 Å². The molecule has 2 heterocycles. The molecule has 8 heteroatoms. The van der Waals surface area contributed by atoms with Crippen molar-refractivity contribution in [2.75, 3.05) is 34.4 Å². The number of fused-ring (bicyclic) bond motifs is 2. The van der Waals surface area contributed by atoms with Crippen molar-refractivity contribution in [3.05, 3.63) is 62.9 Å². The molecule has 1 aliphatic heterocycles. The topological polar surface area (TPSA) is 92.9 Å². The molecular formula is C25H29N3O5. The average Bonchev–Trinajstić information content (AvgIpc) is 2.83. The summed E-state index contributed by atoms with van der Waals surface area (Å²) >= 11 is 0. The molecular weight excluding hydrogens is 422 g/mol. The Hall–Kier alpha value is -3.52. The van der Waals surface area contributed by atoms with Crippen molar-refractivity contribution in [1.29, 1.82) is 0 Å². The lowest BCUT2D eigenvalue weighted by Gasteiger charge is -2.28. The third-order valence-corrected chi connectivity index (χ3v) is 6.07. The maximum Gasteiger partial charge on any atom is 0.234 e. The molecule has 33 heavy (non-hydrogen) atoms. The molecule has 1 aromatic heterocycles. The van der Waals surface area contributed by atoms with Crippen molar-refractivity contribution in [1.82, 2.24) is 15.2 Å². The lowest BCUT2D eigenvalue weighted by molar-refractivity contribution is -0.122. The van der Waals surface area contributed by atoms with E-state index in [0.29, 0.717) is 54.3 Å². The van der Waals surface area contributed by atoms with Crippen LogP contribution in [0.2, 0.25) is 0 Å². The fourth-order valence-electron chi connectivity index (χ4n) is 4.28. The van der Waals surface area contributed by atoms with Gasteiger partial charge < -0.3 is 24.5 Å². The normalized spacial score (nSPS) is 13.5. The zero-order valence-electron chi connectivity index (χ0n) is 19.4. The SMILES string of the molecule is COc1cc(C)c2[nH]c3c(c(=O)c2c1)CN(CC(=O)NCc1ccc(OC)c(OC)c1)CC3. The monoisotopic (exact) mass is 451 g/mol. The van der Waals surface area contributed by atoms with Gasteiger partial charge in [0.2, 0.25) is 5.91 Å².